The molecule has 78 valence electrons. The summed E-state index contributed by atoms with van der Waals surface area (Å²) < 4.78 is 9.50. The molecule has 0 saturated carbocycles. The largest absolute Gasteiger partial charge is 0.503 e. The van der Waals surface area contributed by atoms with Crippen molar-refractivity contribution in [2.75, 3.05) is 6.61 Å². The van der Waals surface area contributed by atoms with E-state index in [0.29, 0.717) is 5.76 Å². The highest BCUT2D eigenvalue weighted by atomic mass is 16.5. The predicted molar refractivity (Wildman–Crippen MR) is 48.2 cm³/mol. The summed E-state index contributed by atoms with van der Waals surface area (Å²) in [4.78, 5) is 11.2. The highest BCUT2D eigenvalue weighted by Crippen LogP contribution is 2.28. The van der Waals surface area contributed by atoms with Crippen molar-refractivity contribution in [1.82, 2.24) is 5.16 Å². The van der Waals surface area contributed by atoms with Gasteiger partial charge in [-0.05, 0) is 6.92 Å². The van der Waals surface area contributed by atoms with Gasteiger partial charge in [0, 0.05) is 5.92 Å². The first kappa shape index (κ1) is 10.6. The van der Waals surface area contributed by atoms with Gasteiger partial charge in [-0.1, -0.05) is 19.0 Å². The Hall–Kier alpha value is -1.52. The number of hydrogen-bond acceptors (Lipinski definition) is 5. The highest BCUT2D eigenvalue weighted by molar-refractivity contribution is 5.90. The Morgan fingerprint density at radius 2 is 2.29 bits per heavy atom. The summed E-state index contributed by atoms with van der Waals surface area (Å²) in [6.07, 6.45) is 0. The van der Waals surface area contributed by atoms with Gasteiger partial charge in [0.2, 0.25) is 5.69 Å². The molecular weight excluding hydrogens is 186 g/mol. The smallest absolute Gasteiger partial charge is 0.364 e. The Kier molecular flexibility index (Phi) is 3.11. The van der Waals surface area contributed by atoms with Crippen LogP contribution < -0.4 is 0 Å². The zero-order valence-electron chi connectivity index (χ0n) is 8.40. The van der Waals surface area contributed by atoms with Gasteiger partial charge in [0.05, 0.1) is 6.61 Å². The number of rotatable bonds is 3. The molecule has 5 heteroatoms. The maximum Gasteiger partial charge on any atom is 0.364 e. The number of aromatic nitrogens is 1. The third kappa shape index (κ3) is 1.86. The molecular formula is C9H13NO4. The van der Waals surface area contributed by atoms with Crippen LogP contribution >= 0.6 is 0 Å². The second-order valence-corrected chi connectivity index (χ2v) is 3.12. The van der Waals surface area contributed by atoms with E-state index < -0.39 is 5.97 Å². The molecule has 1 N–H and O–H groups in total. The SMILES string of the molecule is CCOC(=O)c1noc(C(C)C)c1O. The summed E-state index contributed by atoms with van der Waals surface area (Å²) in [5, 5.41) is 13.0. The van der Waals surface area contributed by atoms with Crippen molar-refractivity contribution in [2.45, 2.75) is 26.7 Å². The van der Waals surface area contributed by atoms with Crippen molar-refractivity contribution in [2.24, 2.45) is 0 Å². The molecule has 0 saturated heterocycles. The fourth-order valence-electron chi connectivity index (χ4n) is 1.01. The Morgan fingerprint density at radius 1 is 1.64 bits per heavy atom. The van der Waals surface area contributed by atoms with Crippen molar-refractivity contribution < 1.29 is 19.2 Å². The Balaban J connectivity index is 2.95. The van der Waals surface area contributed by atoms with Gasteiger partial charge in [-0.3, -0.25) is 0 Å². The van der Waals surface area contributed by atoms with Crippen LogP contribution in [0.25, 0.3) is 0 Å². The fraction of sp³-hybridized carbons (Fsp3) is 0.556. The molecule has 0 fully saturated rings. The number of esters is 1. The first-order valence-corrected chi connectivity index (χ1v) is 4.43. The van der Waals surface area contributed by atoms with E-state index in [0.717, 1.165) is 0 Å². The van der Waals surface area contributed by atoms with Gasteiger partial charge < -0.3 is 14.4 Å². The number of nitrogens with zero attached hydrogens (tertiary/aromatic N) is 1. The van der Waals surface area contributed by atoms with E-state index in [1.807, 2.05) is 13.8 Å². The lowest BCUT2D eigenvalue weighted by Crippen LogP contribution is -2.05. The molecule has 0 aliphatic carbocycles. The van der Waals surface area contributed by atoms with Crippen LogP contribution in [0.2, 0.25) is 0 Å². The number of carbonyl (C=O) groups excluding carboxylic acids is 1. The normalized spacial score (nSPS) is 10.6. The monoisotopic (exact) mass is 199 g/mol. The summed E-state index contributed by atoms with van der Waals surface area (Å²) in [5.74, 6) is -0.613. The molecule has 0 spiro atoms. The van der Waals surface area contributed by atoms with Crippen LogP contribution in [0.5, 0.6) is 5.75 Å². The van der Waals surface area contributed by atoms with Crippen molar-refractivity contribution in [3.63, 3.8) is 0 Å². The van der Waals surface area contributed by atoms with Gasteiger partial charge in [0.15, 0.2) is 11.5 Å². The van der Waals surface area contributed by atoms with Crippen LogP contribution in [0.1, 0.15) is 42.9 Å². The number of aromatic hydroxyl groups is 1. The first-order valence-electron chi connectivity index (χ1n) is 4.43. The molecule has 1 aromatic rings. The van der Waals surface area contributed by atoms with E-state index in [9.17, 15) is 9.90 Å². The molecule has 0 radical (unpaired) electrons. The third-order valence-electron chi connectivity index (χ3n) is 1.69. The maximum absolute atomic E-state index is 11.2. The molecule has 0 bridgehead atoms. The van der Waals surface area contributed by atoms with Gasteiger partial charge in [-0.25, -0.2) is 4.79 Å². The molecule has 0 aliphatic rings. The maximum atomic E-state index is 11.2. The van der Waals surface area contributed by atoms with Crippen LogP contribution in [-0.2, 0) is 4.74 Å². The molecule has 0 aromatic carbocycles. The molecule has 5 nitrogen and oxygen atoms in total. The summed E-state index contributed by atoms with van der Waals surface area (Å²) in [6.45, 7) is 5.57. The van der Waals surface area contributed by atoms with E-state index >= 15 is 0 Å². The molecule has 1 heterocycles. The second-order valence-electron chi connectivity index (χ2n) is 3.12. The van der Waals surface area contributed by atoms with Crippen LogP contribution in [-0.4, -0.2) is 22.8 Å². The third-order valence-corrected chi connectivity index (χ3v) is 1.69. The van der Waals surface area contributed by atoms with Crippen molar-refractivity contribution in [1.29, 1.82) is 0 Å². The van der Waals surface area contributed by atoms with Crippen LogP contribution in [0.4, 0.5) is 0 Å². The van der Waals surface area contributed by atoms with Gasteiger partial charge in [-0.15, -0.1) is 0 Å². The Labute approximate surface area is 81.7 Å². The fourth-order valence-corrected chi connectivity index (χ4v) is 1.01. The topological polar surface area (TPSA) is 72.6 Å². The second kappa shape index (κ2) is 4.13. The zero-order valence-corrected chi connectivity index (χ0v) is 8.40. The average Bonchev–Trinajstić information content (AvgIpc) is 2.47. The molecule has 1 aromatic heterocycles. The number of hydrogen-bond donors (Lipinski definition) is 1. The molecule has 0 amide bonds. The van der Waals surface area contributed by atoms with E-state index in [1.165, 1.54) is 0 Å². The van der Waals surface area contributed by atoms with Gasteiger partial charge in [-0.2, -0.15) is 0 Å². The van der Waals surface area contributed by atoms with E-state index in [1.54, 1.807) is 6.92 Å². The predicted octanol–water partition coefficient (Wildman–Crippen LogP) is 1.68. The number of ether oxygens (including phenoxy) is 1. The molecule has 0 atom stereocenters. The molecule has 14 heavy (non-hydrogen) atoms. The quantitative estimate of drug-likeness (QED) is 0.750. The minimum Gasteiger partial charge on any atom is -0.503 e. The lowest BCUT2D eigenvalue weighted by Gasteiger charge is -1.99. The first-order chi connectivity index (χ1) is 6.57. The molecule has 1 rings (SSSR count). The van der Waals surface area contributed by atoms with E-state index in [4.69, 9.17) is 4.52 Å². The van der Waals surface area contributed by atoms with Gasteiger partial charge in [0.1, 0.15) is 0 Å². The Morgan fingerprint density at radius 3 is 2.71 bits per heavy atom. The van der Waals surface area contributed by atoms with E-state index in [2.05, 4.69) is 9.89 Å². The summed E-state index contributed by atoms with van der Waals surface area (Å²) in [7, 11) is 0. The van der Waals surface area contributed by atoms with Gasteiger partial charge in [0.25, 0.3) is 0 Å². The lowest BCUT2D eigenvalue weighted by atomic mass is 10.1. The van der Waals surface area contributed by atoms with Gasteiger partial charge >= 0.3 is 5.97 Å². The lowest BCUT2D eigenvalue weighted by molar-refractivity contribution is 0.0511. The summed E-state index contributed by atoms with van der Waals surface area (Å²) in [6, 6.07) is 0. The Bertz CT molecular complexity index is 330. The van der Waals surface area contributed by atoms with Crippen LogP contribution in [0, 0.1) is 0 Å². The minimum atomic E-state index is -0.666. The van der Waals surface area contributed by atoms with Crippen molar-refractivity contribution >= 4 is 5.97 Å². The number of carbonyl (C=O) groups is 1. The van der Waals surface area contributed by atoms with Crippen molar-refractivity contribution in [3.8, 4) is 5.75 Å². The highest BCUT2D eigenvalue weighted by Gasteiger charge is 2.23. The zero-order chi connectivity index (χ0) is 10.7. The van der Waals surface area contributed by atoms with Crippen LogP contribution in [0.3, 0.4) is 0 Å². The average molecular weight is 199 g/mol. The van der Waals surface area contributed by atoms with Crippen molar-refractivity contribution in [3.05, 3.63) is 11.5 Å². The van der Waals surface area contributed by atoms with Crippen LogP contribution in [0.15, 0.2) is 4.52 Å². The van der Waals surface area contributed by atoms with E-state index in [-0.39, 0.29) is 24.0 Å². The summed E-state index contributed by atoms with van der Waals surface area (Å²) >= 11 is 0. The molecule has 0 aliphatic heterocycles. The summed E-state index contributed by atoms with van der Waals surface area (Å²) in [5.41, 5.74) is -0.157. The minimum absolute atomic E-state index is 0.0225. The molecule has 0 unspecified atom stereocenters. The standard InChI is InChI=1S/C9H13NO4/c1-4-13-9(12)6-7(11)8(5(2)3)14-10-6/h5,11H,4H2,1-3H3.